The van der Waals surface area contributed by atoms with Crippen LogP contribution >= 0.6 is 0 Å². The standard InChI is InChI=1S/C12H19N3O2/c1-2-10(16-7-1)8-11-14-12(17-15-11)9-3-5-13-6-4-9/h9-10,13H,1-8H2. The van der Waals surface area contributed by atoms with E-state index in [1.54, 1.807) is 0 Å². The minimum Gasteiger partial charge on any atom is -0.378 e. The Labute approximate surface area is 101 Å². The molecular formula is C12H19N3O2. The van der Waals surface area contributed by atoms with Crippen LogP contribution < -0.4 is 5.32 Å². The lowest BCUT2D eigenvalue weighted by atomic mass is 9.98. The van der Waals surface area contributed by atoms with Gasteiger partial charge in [0.05, 0.1) is 6.10 Å². The molecule has 1 aromatic heterocycles. The van der Waals surface area contributed by atoms with Gasteiger partial charge in [-0.25, -0.2) is 0 Å². The van der Waals surface area contributed by atoms with Gasteiger partial charge in [-0.05, 0) is 38.8 Å². The molecular weight excluding hydrogens is 218 g/mol. The molecule has 1 N–H and O–H groups in total. The predicted octanol–water partition coefficient (Wildman–Crippen LogP) is 1.26. The number of hydrogen-bond donors (Lipinski definition) is 1. The first-order valence-corrected chi connectivity index (χ1v) is 6.56. The van der Waals surface area contributed by atoms with Gasteiger partial charge in [0, 0.05) is 18.9 Å². The van der Waals surface area contributed by atoms with Gasteiger partial charge in [0.1, 0.15) is 0 Å². The molecule has 94 valence electrons. The first-order valence-electron chi connectivity index (χ1n) is 6.56. The summed E-state index contributed by atoms with van der Waals surface area (Å²) in [7, 11) is 0. The molecule has 3 heterocycles. The van der Waals surface area contributed by atoms with Crippen molar-refractivity contribution in [1.82, 2.24) is 15.5 Å². The van der Waals surface area contributed by atoms with Crippen LogP contribution in [-0.4, -0.2) is 35.9 Å². The van der Waals surface area contributed by atoms with Gasteiger partial charge in [-0.1, -0.05) is 5.16 Å². The summed E-state index contributed by atoms with van der Waals surface area (Å²) in [4.78, 5) is 4.51. The fraction of sp³-hybridized carbons (Fsp3) is 0.833. The van der Waals surface area contributed by atoms with Gasteiger partial charge in [-0.2, -0.15) is 4.98 Å². The van der Waals surface area contributed by atoms with E-state index in [0.717, 1.165) is 63.5 Å². The molecule has 1 atom stereocenters. The lowest BCUT2D eigenvalue weighted by molar-refractivity contribution is 0.109. The third kappa shape index (κ3) is 2.66. The highest BCUT2D eigenvalue weighted by Gasteiger charge is 2.23. The van der Waals surface area contributed by atoms with Gasteiger partial charge in [0.15, 0.2) is 5.82 Å². The van der Waals surface area contributed by atoms with Crippen molar-refractivity contribution in [3.05, 3.63) is 11.7 Å². The lowest BCUT2D eigenvalue weighted by Gasteiger charge is -2.18. The molecule has 2 fully saturated rings. The highest BCUT2D eigenvalue weighted by atomic mass is 16.5. The molecule has 2 aliphatic rings. The van der Waals surface area contributed by atoms with Gasteiger partial charge in [0.25, 0.3) is 0 Å². The van der Waals surface area contributed by atoms with Crippen molar-refractivity contribution >= 4 is 0 Å². The van der Waals surface area contributed by atoms with Crippen LogP contribution in [0.15, 0.2) is 4.52 Å². The molecule has 1 aromatic rings. The minimum absolute atomic E-state index is 0.300. The summed E-state index contributed by atoms with van der Waals surface area (Å²) in [5, 5.41) is 7.41. The van der Waals surface area contributed by atoms with Crippen LogP contribution in [0, 0.1) is 0 Å². The second kappa shape index (κ2) is 5.14. The zero-order valence-corrected chi connectivity index (χ0v) is 10.0. The van der Waals surface area contributed by atoms with E-state index < -0.39 is 0 Å². The van der Waals surface area contributed by atoms with Gasteiger partial charge >= 0.3 is 0 Å². The Kier molecular flexibility index (Phi) is 3.38. The van der Waals surface area contributed by atoms with E-state index in [1.807, 2.05) is 0 Å². The van der Waals surface area contributed by atoms with Crippen LogP contribution in [0.2, 0.25) is 0 Å². The molecule has 0 bridgehead atoms. The van der Waals surface area contributed by atoms with Crippen LogP contribution in [0.4, 0.5) is 0 Å². The molecule has 0 aromatic carbocycles. The molecule has 3 rings (SSSR count). The first-order chi connectivity index (χ1) is 8.42. The van der Waals surface area contributed by atoms with E-state index in [9.17, 15) is 0 Å². The molecule has 5 heteroatoms. The summed E-state index contributed by atoms with van der Waals surface area (Å²) in [5.41, 5.74) is 0. The second-order valence-electron chi connectivity index (χ2n) is 4.91. The van der Waals surface area contributed by atoms with Crippen molar-refractivity contribution in [3.8, 4) is 0 Å². The third-order valence-electron chi connectivity index (χ3n) is 3.61. The molecule has 2 aliphatic heterocycles. The van der Waals surface area contributed by atoms with E-state index in [0.29, 0.717) is 12.0 Å². The Bertz CT molecular complexity index is 354. The number of ether oxygens (including phenoxy) is 1. The zero-order chi connectivity index (χ0) is 11.5. The quantitative estimate of drug-likeness (QED) is 0.857. The van der Waals surface area contributed by atoms with Gasteiger partial charge in [-0.15, -0.1) is 0 Å². The van der Waals surface area contributed by atoms with Crippen molar-refractivity contribution in [2.45, 2.75) is 44.1 Å². The third-order valence-corrected chi connectivity index (χ3v) is 3.61. The van der Waals surface area contributed by atoms with Crippen molar-refractivity contribution < 1.29 is 9.26 Å². The van der Waals surface area contributed by atoms with Crippen molar-refractivity contribution in [1.29, 1.82) is 0 Å². The number of nitrogens with one attached hydrogen (secondary N) is 1. The molecule has 5 nitrogen and oxygen atoms in total. The number of piperidine rings is 1. The van der Waals surface area contributed by atoms with Crippen molar-refractivity contribution in [3.63, 3.8) is 0 Å². The van der Waals surface area contributed by atoms with Crippen LogP contribution in [0.3, 0.4) is 0 Å². The monoisotopic (exact) mass is 237 g/mol. The van der Waals surface area contributed by atoms with Gasteiger partial charge in [0.2, 0.25) is 5.89 Å². The van der Waals surface area contributed by atoms with Gasteiger partial charge < -0.3 is 14.6 Å². The average Bonchev–Trinajstić information content (AvgIpc) is 3.02. The van der Waals surface area contributed by atoms with Crippen molar-refractivity contribution in [2.24, 2.45) is 0 Å². The summed E-state index contributed by atoms with van der Waals surface area (Å²) in [6.45, 7) is 2.98. The summed E-state index contributed by atoms with van der Waals surface area (Å²) < 4.78 is 10.9. The van der Waals surface area contributed by atoms with E-state index in [-0.39, 0.29) is 0 Å². The maximum Gasteiger partial charge on any atom is 0.229 e. The number of hydrogen-bond acceptors (Lipinski definition) is 5. The lowest BCUT2D eigenvalue weighted by Crippen LogP contribution is -2.26. The topological polar surface area (TPSA) is 60.2 Å². The molecule has 17 heavy (non-hydrogen) atoms. The number of rotatable bonds is 3. The number of aromatic nitrogens is 2. The van der Waals surface area contributed by atoms with Crippen LogP contribution in [0.1, 0.15) is 43.3 Å². The Hall–Kier alpha value is -0.940. The van der Waals surface area contributed by atoms with Crippen molar-refractivity contribution in [2.75, 3.05) is 19.7 Å². The summed E-state index contributed by atoms with van der Waals surface area (Å²) in [6, 6.07) is 0. The fourth-order valence-electron chi connectivity index (χ4n) is 2.59. The maximum absolute atomic E-state index is 5.58. The van der Waals surface area contributed by atoms with Crippen LogP contribution in [0.25, 0.3) is 0 Å². The molecule has 0 aliphatic carbocycles. The summed E-state index contributed by atoms with van der Waals surface area (Å²) in [5.74, 6) is 2.08. The summed E-state index contributed by atoms with van der Waals surface area (Å²) >= 11 is 0. The molecule has 0 radical (unpaired) electrons. The molecule has 0 amide bonds. The predicted molar refractivity (Wildman–Crippen MR) is 61.8 cm³/mol. The van der Waals surface area contributed by atoms with Gasteiger partial charge in [-0.3, -0.25) is 0 Å². The molecule has 2 saturated heterocycles. The van der Waals surface area contributed by atoms with Crippen LogP contribution in [0.5, 0.6) is 0 Å². The van der Waals surface area contributed by atoms with E-state index in [1.165, 1.54) is 0 Å². The fourth-order valence-corrected chi connectivity index (χ4v) is 2.59. The molecule has 0 saturated carbocycles. The largest absolute Gasteiger partial charge is 0.378 e. The second-order valence-corrected chi connectivity index (χ2v) is 4.91. The normalized spacial score (nSPS) is 26.5. The molecule has 1 unspecified atom stereocenters. The average molecular weight is 237 g/mol. The highest BCUT2D eigenvalue weighted by Crippen LogP contribution is 2.24. The maximum atomic E-state index is 5.58. The van der Waals surface area contributed by atoms with E-state index in [4.69, 9.17) is 9.26 Å². The Morgan fingerprint density at radius 1 is 1.24 bits per heavy atom. The minimum atomic E-state index is 0.300. The number of nitrogens with zero attached hydrogens (tertiary/aromatic N) is 2. The first kappa shape index (κ1) is 11.2. The molecule has 0 spiro atoms. The summed E-state index contributed by atoms with van der Waals surface area (Å²) in [6.07, 6.45) is 5.58. The SMILES string of the molecule is C1COC(Cc2noc(C3CCNCC3)n2)C1. The Balaban J connectivity index is 1.60. The van der Waals surface area contributed by atoms with E-state index in [2.05, 4.69) is 15.5 Å². The van der Waals surface area contributed by atoms with Crippen LogP contribution in [-0.2, 0) is 11.2 Å². The zero-order valence-electron chi connectivity index (χ0n) is 10.0. The highest BCUT2D eigenvalue weighted by molar-refractivity contribution is 4.97. The smallest absolute Gasteiger partial charge is 0.229 e. The van der Waals surface area contributed by atoms with E-state index >= 15 is 0 Å². The Morgan fingerprint density at radius 3 is 2.88 bits per heavy atom. The Morgan fingerprint density at radius 2 is 2.12 bits per heavy atom.